The van der Waals surface area contributed by atoms with Crippen LogP contribution in [0.2, 0.25) is 0 Å². The van der Waals surface area contributed by atoms with Crippen molar-refractivity contribution in [2.45, 2.75) is 57.6 Å². The van der Waals surface area contributed by atoms with Crippen molar-refractivity contribution in [2.75, 3.05) is 6.61 Å². The van der Waals surface area contributed by atoms with Gasteiger partial charge in [0.25, 0.3) is 0 Å². The fourth-order valence-electron chi connectivity index (χ4n) is 3.11. The number of nitrogens with zero attached hydrogens (tertiary/aromatic N) is 4. The van der Waals surface area contributed by atoms with E-state index in [1.54, 1.807) is 0 Å². The summed E-state index contributed by atoms with van der Waals surface area (Å²) in [6, 6.07) is 2.12. The van der Waals surface area contributed by atoms with Crippen LogP contribution in [0.1, 0.15) is 61.8 Å². The van der Waals surface area contributed by atoms with Crippen molar-refractivity contribution in [3.63, 3.8) is 0 Å². The summed E-state index contributed by atoms with van der Waals surface area (Å²) < 4.78 is 7.70. The number of rotatable bonds is 4. The Labute approximate surface area is 148 Å². The Morgan fingerprint density at radius 1 is 1.28 bits per heavy atom. The zero-order valence-electron chi connectivity index (χ0n) is 14.7. The molecule has 130 valence electrons. The SMILES string of the molecule is CC(c1cncc(C#CC2CC2)c1)c1cn(CC2CCCCO2)nn1. The molecule has 1 saturated carbocycles. The van der Waals surface area contributed by atoms with Gasteiger partial charge in [-0.05, 0) is 43.7 Å². The lowest BCUT2D eigenvalue weighted by Gasteiger charge is -2.21. The minimum Gasteiger partial charge on any atom is -0.376 e. The Morgan fingerprint density at radius 2 is 2.20 bits per heavy atom. The average molecular weight is 336 g/mol. The van der Waals surface area contributed by atoms with E-state index in [4.69, 9.17) is 4.74 Å². The van der Waals surface area contributed by atoms with Gasteiger partial charge in [0.05, 0.1) is 18.3 Å². The van der Waals surface area contributed by atoms with Crippen molar-refractivity contribution in [1.29, 1.82) is 0 Å². The van der Waals surface area contributed by atoms with E-state index in [-0.39, 0.29) is 12.0 Å². The third-order valence-electron chi connectivity index (χ3n) is 4.92. The highest BCUT2D eigenvalue weighted by molar-refractivity contribution is 5.37. The highest BCUT2D eigenvalue weighted by Crippen LogP contribution is 2.28. The molecule has 0 N–H and O–H groups in total. The molecular formula is C20H24N4O. The van der Waals surface area contributed by atoms with E-state index >= 15 is 0 Å². The molecule has 3 heterocycles. The van der Waals surface area contributed by atoms with Crippen LogP contribution in [0.5, 0.6) is 0 Å². The van der Waals surface area contributed by atoms with Crippen molar-refractivity contribution >= 4 is 0 Å². The van der Waals surface area contributed by atoms with Gasteiger partial charge in [-0.1, -0.05) is 24.0 Å². The molecule has 0 aromatic carbocycles. The lowest BCUT2D eigenvalue weighted by atomic mass is 9.99. The Balaban J connectivity index is 1.44. The molecule has 1 aliphatic carbocycles. The van der Waals surface area contributed by atoms with Crippen LogP contribution in [0.3, 0.4) is 0 Å². The maximum atomic E-state index is 5.79. The van der Waals surface area contributed by atoms with Crippen molar-refractivity contribution in [3.8, 4) is 11.8 Å². The van der Waals surface area contributed by atoms with Crippen LogP contribution in [-0.4, -0.2) is 32.7 Å². The lowest BCUT2D eigenvalue weighted by Crippen LogP contribution is -2.24. The molecule has 4 rings (SSSR count). The largest absolute Gasteiger partial charge is 0.376 e. The first-order valence-electron chi connectivity index (χ1n) is 9.26. The standard InChI is InChI=1S/C20H24N4O/c1-15(18-10-17(11-21-12-18)8-7-16-5-6-16)20-14-24(23-22-20)13-19-4-2-3-9-25-19/h10-12,14-16,19H,2-6,9,13H2,1H3. The second-order valence-electron chi connectivity index (χ2n) is 7.13. The van der Waals surface area contributed by atoms with Crippen LogP contribution >= 0.6 is 0 Å². The van der Waals surface area contributed by atoms with E-state index in [2.05, 4.69) is 40.1 Å². The van der Waals surface area contributed by atoms with Gasteiger partial charge in [0, 0.05) is 42.6 Å². The quantitative estimate of drug-likeness (QED) is 0.805. The highest BCUT2D eigenvalue weighted by atomic mass is 16.5. The fourth-order valence-corrected chi connectivity index (χ4v) is 3.11. The van der Waals surface area contributed by atoms with Gasteiger partial charge in [0.15, 0.2) is 0 Å². The van der Waals surface area contributed by atoms with E-state index < -0.39 is 0 Å². The molecule has 25 heavy (non-hydrogen) atoms. The molecule has 2 atom stereocenters. The van der Waals surface area contributed by atoms with Crippen LogP contribution in [-0.2, 0) is 11.3 Å². The predicted molar refractivity (Wildman–Crippen MR) is 95.0 cm³/mol. The van der Waals surface area contributed by atoms with E-state index in [0.717, 1.165) is 36.4 Å². The third-order valence-corrected chi connectivity index (χ3v) is 4.92. The molecule has 0 amide bonds. The number of ether oxygens (including phenoxy) is 1. The Morgan fingerprint density at radius 3 is 3.00 bits per heavy atom. The Bertz CT molecular complexity index is 778. The number of aromatic nitrogens is 4. The molecule has 2 aliphatic rings. The molecule has 1 aliphatic heterocycles. The van der Waals surface area contributed by atoms with Gasteiger partial charge in [-0.25, -0.2) is 4.68 Å². The minimum absolute atomic E-state index is 0.149. The second kappa shape index (κ2) is 7.37. The van der Waals surface area contributed by atoms with Gasteiger partial charge < -0.3 is 4.74 Å². The predicted octanol–water partition coefficient (Wildman–Crippen LogP) is 3.16. The molecule has 2 aromatic rings. The second-order valence-corrected chi connectivity index (χ2v) is 7.13. The summed E-state index contributed by atoms with van der Waals surface area (Å²) in [5, 5.41) is 8.65. The van der Waals surface area contributed by atoms with Crippen LogP contribution in [0, 0.1) is 17.8 Å². The summed E-state index contributed by atoms with van der Waals surface area (Å²) in [5.74, 6) is 7.28. The fraction of sp³-hybridized carbons (Fsp3) is 0.550. The molecule has 5 nitrogen and oxygen atoms in total. The summed E-state index contributed by atoms with van der Waals surface area (Å²) in [4.78, 5) is 4.35. The van der Waals surface area contributed by atoms with Gasteiger partial charge >= 0.3 is 0 Å². The Kier molecular flexibility index (Phi) is 4.80. The van der Waals surface area contributed by atoms with Crippen LogP contribution < -0.4 is 0 Å². The van der Waals surface area contributed by atoms with Gasteiger partial charge in [-0.15, -0.1) is 5.10 Å². The first kappa shape index (κ1) is 16.3. The van der Waals surface area contributed by atoms with E-state index in [1.165, 1.54) is 25.7 Å². The maximum Gasteiger partial charge on any atom is 0.0899 e. The number of hydrogen-bond acceptors (Lipinski definition) is 4. The summed E-state index contributed by atoms with van der Waals surface area (Å²) in [5.41, 5.74) is 3.08. The van der Waals surface area contributed by atoms with Crippen LogP contribution in [0.4, 0.5) is 0 Å². The summed E-state index contributed by atoms with van der Waals surface area (Å²) in [7, 11) is 0. The first-order chi connectivity index (χ1) is 12.3. The van der Waals surface area contributed by atoms with Gasteiger partial charge in [0.1, 0.15) is 0 Å². The molecule has 0 spiro atoms. The summed E-state index contributed by atoms with van der Waals surface area (Å²) >= 11 is 0. The molecule has 5 heteroatoms. The Hall–Kier alpha value is -2.19. The average Bonchev–Trinajstić information content (AvgIpc) is 3.38. The zero-order valence-corrected chi connectivity index (χ0v) is 14.7. The van der Waals surface area contributed by atoms with Gasteiger partial charge in [-0.3, -0.25) is 4.98 Å². The molecule has 0 radical (unpaired) electrons. The monoisotopic (exact) mass is 336 g/mol. The van der Waals surface area contributed by atoms with Crippen molar-refractivity contribution < 1.29 is 4.74 Å². The highest BCUT2D eigenvalue weighted by Gasteiger charge is 2.19. The first-order valence-corrected chi connectivity index (χ1v) is 9.26. The van der Waals surface area contributed by atoms with Gasteiger partial charge in [-0.2, -0.15) is 0 Å². The summed E-state index contributed by atoms with van der Waals surface area (Å²) in [6.45, 7) is 3.79. The van der Waals surface area contributed by atoms with Crippen molar-refractivity contribution in [2.24, 2.45) is 5.92 Å². The summed E-state index contributed by atoms with van der Waals surface area (Å²) in [6.07, 6.45) is 12.0. The normalized spacial score (nSPS) is 21.4. The molecule has 2 aromatic heterocycles. The van der Waals surface area contributed by atoms with Gasteiger partial charge in [0.2, 0.25) is 0 Å². The smallest absolute Gasteiger partial charge is 0.0899 e. The minimum atomic E-state index is 0.149. The van der Waals surface area contributed by atoms with E-state index in [9.17, 15) is 0 Å². The molecule has 2 unspecified atom stereocenters. The van der Waals surface area contributed by atoms with Crippen LogP contribution in [0.25, 0.3) is 0 Å². The maximum absolute atomic E-state index is 5.79. The number of hydrogen-bond donors (Lipinski definition) is 0. The van der Waals surface area contributed by atoms with Crippen molar-refractivity contribution in [3.05, 3.63) is 41.5 Å². The third kappa shape index (κ3) is 4.26. The lowest BCUT2D eigenvalue weighted by molar-refractivity contribution is 0.00369. The molecular weight excluding hydrogens is 312 g/mol. The molecule has 0 bridgehead atoms. The van der Waals surface area contributed by atoms with E-state index in [0.29, 0.717) is 5.92 Å². The number of pyridine rings is 1. The zero-order chi connectivity index (χ0) is 17.1. The topological polar surface area (TPSA) is 52.8 Å². The molecule has 2 fully saturated rings. The van der Waals surface area contributed by atoms with Crippen LogP contribution in [0.15, 0.2) is 24.7 Å². The van der Waals surface area contributed by atoms with Crippen molar-refractivity contribution in [1.82, 2.24) is 20.0 Å². The van der Waals surface area contributed by atoms with E-state index in [1.807, 2.05) is 23.3 Å². The molecule has 1 saturated heterocycles.